The number of aliphatic hydroxyl groups is 2. The zero-order valence-electron chi connectivity index (χ0n) is 10.1. The van der Waals surface area contributed by atoms with Crippen LogP contribution in [0.5, 0.6) is 0 Å². The summed E-state index contributed by atoms with van der Waals surface area (Å²) in [6, 6.07) is 7.80. The second-order valence-electron chi connectivity index (χ2n) is 3.61. The van der Waals surface area contributed by atoms with Crippen molar-refractivity contribution in [1.29, 1.82) is 0 Å². The van der Waals surface area contributed by atoms with E-state index in [0.717, 1.165) is 11.0 Å². The fourth-order valence-electron chi connectivity index (χ4n) is 1.18. The molecule has 1 aromatic carbocycles. The van der Waals surface area contributed by atoms with E-state index in [4.69, 9.17) is 20.4 Å². The molecule has 0 unspecified atom stereocenters. The van der Waals surface area contributed by atoms with E-state index in [9.17, 15) is 9.59 Å². The summed E-state index contributed by atoms with van der Waals surface area (Å²) < 4.78 is 0. The Morgan fingerprint density at radius 2 is 1.20 bits per heavy atom. The number of fused-ring (bicyclic) bond motifs is 1. The molecule has 106 valence electrons. The van der Waals surface area contributed by atoms with Crippen LogP contribution in [0.3, 0.4) is 0 Å². The van der Waals surface area contributed by atoms with Crippen molar-refractivity contribution in [3.05, 3.63) is 36.7 Å². The number of aromatic nitrogens is 2. The smallest absolute Gasteiger partial charge is 0.335 e. The average Bonchev–Trinajstić information content (AvgIpc) is 2.46. The maximum Gasteiger partial charge on any atom is 0.335 e. The molecule has 0 aliphatic heterocycles. The van der Waals surface area contributed by atoms with Gasteiger partial charge in [0.2, 0.25) is 0 Å². The highest BCUT2D eigenvalue weighted by atomic mass is 16.4. The number of benzene rings is 1. The third kappa shape index (κ3) is 4.26. The monoisotopic (exact) mass is 280 g/mol. The summed E-state index contributed by atoms with van der Waals surface area (Å²) in [5.41, 5.74) is 1.90. The summed E-state index contributed by atoms with van der Waals surface area (Å²) in [7, 11) is 0. The molecule has 2 aromatic rings. The molecule has 0 bridgehead atoms. The van der Waals surface area contributed by atoms with Gasteiger partial charge in [-0.2, -0.15) is 0 Å². The number of carboxylic acid groups (broad SMARTS) is 2. The van der Waals surface area contributed by atoms with Gasteiger partial charge in [0, 0.05) is 12.4 Å². The molecule has 20 heavy (non-hydrogen) atoms. The minimum absolute atomic E-state index is 0.949. The van der Waals surface area contributed by atoms with Crippen LogP contribution in [-0.4, -0.2) is 54.5 Å². The van der Waals surface area contributed by atoms with Gasteiger partial charge in [-0.25, -0.2) is 9.59 Å². The molecule has 8 nitrogen and oxygen atoms in total. The molecule has 0 aliphatic carbocycles. The SMILES string of the molecule is O=C(O)[C@H](O)[C@@H](O)C(=O)O.c1ccc2nccnc2c1. The quantitative estimate of drug-likeness (QED) is 0.590. The molecular formula is C12H12N2O6. The first-order valence-corrected chi connectivity index (χ1v) is 5.41. The molecule has 8 heteroatoms. The van der Waals surface area contributed by atoms with Crippen LogP contribution in [0.4, 0.5) is 0 Å². The molecular weight excluding hydrogens is 268 g/mol. The third-order valence-electron chi connectivity index (χ3n) is 2.18. The minimum atomic E-state index is -2.27. The van der Waals surface area contributed by atoms with Gasteiger partial charge in [0.25, 0.3) is 0 Å². The normalized spacial score (nSPS) is 12.9. The summed E-state index contributed by atoms with van der Waals surface area (Å²) in [5.74, 6) is -3.54. The largest absolute Gasteiger partial charge is 0.479 e. The number of para-hydroxylation sites is 2. The first-order valence-electron chi connectivity index (χ1n) is 5.41. The van der Waals surface area contributed by atoms with Crippen LogP contribution in [0, 0.1) is 0 Å². The van der Waals surface area contributed by atoms with E-state index >= 15 is 0 Å². The van der Waals surface area contributed by atoms with Crippen molar-refractivity contribution in [2.24, 2.45) is 0 Å². The van der Waals surface area contributed by atoms with E-state index in [1.807, 2.05) is 24.3 Å². The van der Waals surface area contributed by atoms with E-state index in [0.29, 0.717) is 0 Å². The topological polar surface area (TPSA) is 141 Å². The summed E-state index contributed by atoms with van der Waals surface area (Å²) in [6.07, 6.45) is -1.14. The van der Waals surface area contributed by atoms with Crippen LogP contribution in [-0.2, 0) is 9.59 Å². The van der Waals surface area contributed by atoms with Gasteiger partial charge in [0.15, 0.2) is 12.2 Å². The lowest BCUT2D eigenvalue weighted by atomic mass is 10.2. The van der Waals surface area contributed by atoms with Crippen LogP contribution < -0.4 is 0 Å². The van der Waals surface area contributed by atoms with Crippen molar-refractivity contribution in [2.45, 2.75) is 12.2 Å². The standard InChI is InChI=1S/C8H6N2.C4H6O6/c1-2-4-8-7(3-1)9-5-6-10-8;5-1(3(7)8)2(6)4(9)10/h1-6H;1-2,5-6H,(H,7,8)(H,9,10)/t;1-,2-/m.1/s1. The van der Waals surface area contributed by atoms with Gasteiger partial charge in [-0.15, -0.1) is 0 Å². The highest BCUT2D eigenvalue weighted by Crippen LogP contribution is 2.04. The zero-order valence-corrected chi connectivity index (χ0v) is 10.1. The summed E-state index contributed by atoms with van der Waals surface area (Å²) in [6.45, 7) is 0. The van der Waals surface area contributed by atoms with E-state index in [1.54, 1.807) is 12.4 Å². The molecule has 1 heterocycles. The molecule has 1 aromatic heterocycles. The van der Waals surface area contributed by atoms with Crippen LogP contribution in [0.1, 0.15) is 0 Å². The predicted octanol–water partition coefficient (Wildman–Crippen LogP) is -0.493. The molecule has 0 saturated heterocycles. The number of hydrogen-bond donors (Lipinski definition) is 4. The average molecular weight is 280 g/mol. The van der Waals surface area contributed by atoms with Crippen molar-refractivity contribution in [1.82, 2.24) is 9.97 Å². The van der Waals surface area contributed by atoms with Gasteiger partial charge in [-0.1, -0.05) is 12.1 Å². The molecule has 0 spiro atoms. The fourth-order valence-corrected chi connectivity index (χ4v) is 1.18. The van der Waals surface area contributed by atoms with Gasteiger partial charge < -0.3 is 20.4 Å². The van der Waals surface area contributed by atoms with E-state index in [1.165, 1.54) is 0 Å². The second kappa shape index (κ2) is 7.12. The van der Waals surface area contributed by atoms with Crippen LogP contribution in [0.15, 0.2) is 36.7 Å². The van der Waals surface area contributed by atoms with E-state index in [2.05, 4.69) is 9.97 Å². The lowest BCUT2D eigenvalue weighted by Crippen LogP contribution is -2.39. The lowest BCUT2D eigenvalue weighted by molar-refractivity contribution is -0.165. The van der Waals surface area contributed by atoms with Crippen molar-refractivity contribution in [3.63, 3.8) is 0 Å². The zero-order chi connectivity index (χ0) is 15.1. The summed E-state index contributed by atoms with van der Waals surface area (Å²) in [4.78, 5) is 27.8. The Morgan fingerprint density at radius 1 is 0.850 bits per heavy atom. The summed E-state index contributed by atoms with van der Waals surface area (Å²) in [5, 5.41) is 32.5. The number of aliphatic carboxylic acids is 2. The Bertz CT molecular complexity index is 520. The Hall–Kier alpha value is -2.58. The van der Waals surface area contributed by atoms with Crippen LogP contribution >= 0.6 is 0 Å². The Kier molecular flexibility index (Phi) is 5.51. The number of rotatable bonds is 3. The van der Waals surface area contributed by atoms with Crippen molar-refractivity contribution >= 4 is 23.0 Å². The molecule has 4 N–H and O–H groups in total. The maximum atomic E-state index is 9.77. The van der Waals surface area contributed by atoms with Gasteiger partial charge in [0.05, 0.1) is 11.0 Å². The number of aliphatic hydroxyl groups excluding tert-OH is 2. The van der Waals surface area contributed by atoms with E-state index < -0.39 is 24.1 Å². The highest BCUT2D eigenvalue weighted by Gasteiger charge is 2.29. The molecule has 2 rings (SSSR count). The lowest BCUT2D eigenvalue weighted by Gasteiger charge is -2.07. The molecule has 0 fully saturated rings. The Labute approximate surface area is 113 Å². The molecule has 0 radical (unpaired) electrons. The number of hydrogen-bond acceptors (Lipinski definition) is 6. The summed E-state index contributed by atoms with van der Waals surface area (Å²) >= 11 is 0. The van der Waals surface area contributed by atoms with Crippen LogP contribution in [0.2, 0.25) is 0 Å². The molecule has 0 amide bonds. The molecule has 2 atom stereocenters. The third-order valence-corrected chi connectivity index (χ3v) is 2.18. The Balaban J connectivity index is 0.000000200. The van der Waals surface area contributed by atoms with E-state index in [-0.39, 0.29) is 0 Å². The highest BCUT2D eigenvalue weighted by molar-refractivity contribution is 5.83. The number of carbonyl (C=O) groups is 2. The first kappa shape index (κ1) is 15.5. The molecule has 0 saturated carbocycles. The number of nitrogens with zero attached hydrogens (tertiary/aromatic N) is 2. The molecule has 0 aliphatic rings. The van der Waals surface area contributed by atoms with Gasteiger partial charge >= 0.3 is 11.9 Å². The van der Waals surface area contributed by atoms with Crippen molar-refractivity contribution < 1.29 is 30.0 Å². The second-order valence-corrected chi connectivity index (χ2v) is 3.61. The number of carboxylic acids is 2. The van der Waals surface area contributed by atoms with Crippen molar-refractivity contribution in [3.8, 4) is 0 Å². The van der Waals surface area contributed by atoms with Gasteiger partial charge in [0.1, 0.15) is 0 Å². The van der Waals surface area contributed by atoms with Gasteiger partial charge in [-0.3, -0.25) is 9.97 Å². The van der Waals surface area contributed by atoms with Gasteiger partial charge in [-0.05, 0) is 12.1 Å². The predicted molar refractivity (Wildman–Crippen MR) is 66.8 cm³/mol. The van der Waals surface area contributed by atoms with Crippen LogP contribution in [0.25, 0.3) is 11.0 Å². The Morgan fingerprint density at radius 3 is 1.50 bits per heavy atom. The fraction of sp³-hybridized carbons (Fsp3) is 0.167. The first-order chi connectivity index (χ1) is 9.43. The minimum Gasteiger partial charge on any atom is -0.479 e. The maximum absolute atomic E-state index is 9.77. The van der Waals surface area contributed by atoms with Crippen molar-refractivity contribution in [2.75, 3.05) is 0 Å².